The molecule has 0 aliphatic heterocycles. The van der Waals surface area contributed by atoms with Gasteiger partial charge in [-0.1, -0.05) is 0 Å². The number of rotatable bonds is 4. The summed E-state index contributed by atoms with van der Waals surface area (Å²) in [5.74, 6) is -1.76. The Labute approximate surface area is 69.9 Å². The second kappa shape index (κ2) is 4.39. The van der Waals surface area contributed by atoms with Crippen LogP contribution in [0.1, 0.15) is 6.92 Å². The van der Waals surface area contributed by atoms with Gasteiger partial charge in [0.15, 0.2) is 0 Å². The minimum Gasteiger partial charge on any atom is -0.394 e. The van der Waals surface area contributed by atoms with Crippen molar-refractivity contribution in [2.24, 2.45) is 0 Å². The Bertz CT molecular complexity index is 243. The van der Waals surface area contributed by atoms with E-state index in [4.69, 9.17) is 10.2 Å². The molecule has 0 bridgehead atoms. The number of aliphatic hydroxyl groups excluding tert-OH is 2. The zero-order valence-corrected chi connectivity index (χ0v) is 7.24. The fourth-order valence-corrected chi connectivity index (χ4v) is 1.50. The summed E-state index contributed by atoms with van der Waals surface area (Å²) in [5.41, 5.74) is 0. The molecule has 2 N–H and O–H groups in total. The van der Waals surface area contributed by atoms with Gasteiger partial charge in [-0.05, 0) is 0 Å². The third-order valence-electron chi connectivity index (χ3n) is 0.852. The van der Waals surface area contributed by atoms with Gasteiger partial charge in [0.25, 0.3) is 0 Å². The molecule has 1 atom stereocenters. The zero-order valence-electron chi connectivity index (χ0n) is 6.43. The van der Waals surface area contributed by atoms with Crippen LogP contribution in [0, 0.1) is 0 Å². The normalized spacial score (nSPS) is 13.9. The third-order valence-corrected chi connectivity index (χ3v) is 2.13. The van der Waals surface area contributed by atoms with E-state index in [1.807, 2.05) is 0 Å². The smallest absolute Gasteiger partial charge is 0.319 e. The first-order valence-electron chi connectivity index (χ1n) is 3.09. The van der Waals surface area contributed by atoms with Crippen LogP contribution in [0.15, 0.2) is 0 Å². The summed E-state index contributed by atoms with van der Waals surface area (Å²) in [4.78, 5) is 10.2. The van der Waals surface area contributed by atoms with Crippen molar-refractivity contribution in [3.8, 4) is 0 Å². The van der Waals surface area contributed by atoms with E-state index in [2.05, 4.69) is 4.18 Å². The molecule has 0 aliphatic carbocycles. The first kappa shape index (κ1) is 11.3. The first-order chi connectivity index (χ1) is 5.37. The molecule has 0 heterocycles. The summed E-state index contributed by atoms with van der Waals surface area (Å²) in [6, 6.07) is 0. The SMILES string of the molecule is CC(=O)OS(=O)(=O)CC(O)CO. The highest BCUT2D eigenvalue weighted by molar-refractivity contribution is 7.87. The highest BCUT2D eigenvalue weighted by Gasteiger charge is 2.19. The molecule has 6 nitrogen and oxygen atoms in total. The Balaban J connectivity index is 4.15. The van der Waals surface area contributed by atoms with Gasteiger partial charge in [-0.25, -0.2) is 0 Å². The molecule has 0 saturated carbocycles. The Morgan fingerprint density at radius 3 is 2.42 bits per heavy atom. The van der Waals surface area contributed by atoms with Gasteiger partial charge >= 0.3 is 16.1 Å². The van der Waals surface area contributed by atoms with Crippen molar-refractivity contribution in [3.63, 3.8) is 0 Å². The Kier molecular flexibility index (Phi) is 4.15. The van der Waals surface area contributed by atoms with Gasteiger partial charge in [0, 0.05) is 6.92 Å². The fraction of sp³-hybridized carbons (Fsp3) is 0.800. The molecule has 0 saturated heterocycles. The maximum absolute atomic E-state index is 10.7. The van der Waals surface area contributed by atoms with Crippen LogP contribution < -0.4 is 0 Å². The molecular weight excluding hydrogens is 188 g/mol. The number of hydrogen-bond donors (Lipinski definition) is 2. The Hall–Kier alpha value is -0.660. The molecule has 0 aromatic carbocycles. The van der Waals surface area contributed by atoms with Gasteiger partial charge in [-0.3, -0.25) is 4.79 Å². The lowest BCUT2D eigenvalue weighted by Gasteiger charge is -2.06. The van der Waals surface area contributed by atoms with Crippen molar-refractivity contribution < 1.29 is 27.6 Å². The van der Waals surface area contributed by atoms with E-state index >= 15 is 0 Å². The zero-order chi connectivity index (χ0) is 9.78. The summed E-state index contributed by atoms with van der Waals surface area (Å²) >= 11 is 0. The maximum Gasteiger partial charge on any atom is 0.319 e. The molecule has 0 amide bonds. The van der Waals surface area contributed by atoms with Crippen LogP contribution in [-0.4, -0.2) is 43.1 Å². The first-order valence-corrected chi connectivity index (χ1v) is 4.67. The van der Waals surface area contributed by atoms with Crippen LogP contribution in [0.25, 0.3) is 0 Å². The van der Waals surface area contributed by atoms with E-state index in [9.17, 15) is 13.2 Å². The maximum atomic E-state index is 10.7. The molecule has 0 aromatic heterocycles. The second-order valence-electron chi connectivity index (χ2n) is 2.14. The minimum atomic E-state index is -4.05. The Morgan fingerprint density at radius 1 is 1.58 bits per heavy atom. The highest BCUT2D eigenvalue weighted by Crippen LogP contribution is 1.97. The van der Waals surface area contributed by atoms with Gasteiger partial charge in [0.1, 0.15) is 5.75 Å². The third kappa shape index (κ3) is 5.05. The standard InChI is InChI=1S/C5H10O6S/c1-4(7)11-12(9,10)3-5(8)2-6/h5-6,8H,2-3H2,1H3. The average Bonchev–Trinajstić information content (AvgIpc) is 1.83. The van der Waals surface area contributed by atoms with Gasteiger partial charge in [0.05, 0.1) is 12.7 Å². The summed E-state index contributed by atoms with van der Waals surface area (Å²) in [7, 11) is -4.05. The monoisotopic (exact) mass is 198 g/mol. The lowest BCUT2D eigenvalue weighted by Crippen LogP contribution is -2.26. The van der Waals surface area contributed by atoms with Crippen molar-refractivity contribution >= 4 is 16.1 Å². The quantitative estimate of drug-likeness (QED) is 0.518. The molecule has 0 spiro atoms. The molecule has 1 unspecified atom stereocenters. The van der Waals surface area contributed by atoms with Gasteiger partial charge in [-0.15, -0.1) is 0 Å². The van der Waals surface area contributed by atoms with Crippen molar-refractivity contribution in [3.05, 3.63) is 0 Å². The molecule has 0 aromatic rings. The molecule has 0 radical (unpaired) electrons. The van der Waals surface area contributed by atoms with E-state index in [1.54, 1.807) is 0 Å². The summed E-state index contributed by atoms with van der Waals surface area (Å²) in [6.45, 7) is 0.239. The van der Waals surface area contributed by atoms with Crippen LogP contribution in [0.5, 0.6) is 0 Å². The fourth-order valence-electron chi connectivity index (χ4n) is 0.501. The summed E-state index contributed by atoms with van der Waals surface area (Å²) < 4.78 is 25.3. The number of carbonyl (C=O) groups excluding carboxylic acids is 1. The molecule has 7 heteroatoms. The van der Waals surface area contributed by atoms with Crippen LogP contribution in [0.2, 0.25) is 0 Å². The lowest BCUT2D eigenvalue weighted by atomic mass is 10.4. The van der Waals surface area contributed by atoms with Crippen molar-refractivity contribution in [1.82, 2.24) is 0 Å². The highest BCUT2D eigenvalue weighted by atomic mass is 32.2. The second-order valence-corrected chi connectivity index (χ2v) is 3.75. The van der Waals surface area contributed by atoms with E-state index in [0.717, 1.165) is 6.92 Å². The predicted octanol–water partition coefficient (Wildman–Crippen LogP) is -1.77. The summed E-state index contributed by atoms with van der Waals surface area (Å²) in [6.07, 6.45) is -1.42. The average molecular weight is 198 g/mol. The lowest BCUT2D eigenvalue weighted by molar-refractivity contribution is -0.131. The van der Waals surface area contributed by atoms with Gasteiger partial charge < -0.3 is 14.4 Å². The topological polar surface area (TPSA) is 101 Å². The molecular formula is C5H10O6S. The summed E-state index contributed by atoms with van der Waals surface area (Å²) in [5, 5.41) is 17.0. The number of carbonyl (C=O) groups is 1. The van der Waals surface area contributed by atoms with Crippen LogP contribution in [-0.2, 0) is 19.1 Å². The molecule has 0 aliphatic rings. The van der Waals surface area contributed by atoms with Crippen molar-refractivity contribution in [1.29, 1.82) is 0 Å². The van der Waals surface area contributed by atoms with Crippen LogP contribution in [0.3, 0.4) is 0 Å². The van der Waals surface area contributed by atoms with Gasteiger partial charge in [-0.2, -0.15) is 8.42 Å². The Morgan fingerprint density at radius 2 is 2.08 bits per heavy atom. The molecule has 12 heavy (non-hydrogen) atoms. The van der Waals surface area contributed by atoms with Crippen LogP contribution in [0.4, 0.5) is 0 Å². The predicted molar refractivity (Wildman–Crippen MR) is 38.6 cm³/mol. The van der Waals surface area contributed by atoms with E-state index in [1.165, 1.54) is 0 Å². The molecule has 72 valence electrons. The van der Waals surface area contributed by atoms with E-state index < -0.39 is 34.6 Å². The van der Waals surface area contributed by atoms with Gasteiger partial charge in [0.2, 0.25) is 0 Å². The number of hydrogen-bond acceptors (Lipinski definition) is 6. The van der Waals surface area contributed by atoms with Crippen molar-refractivity contribution in [2.45, 2.75) is 13.0 Å². The molecule has 0 rings (SSSR count). The largest absolute Gasteiger partial charge is 0.394 e. The number of aliphatic hydroxyl groups is 2. The van der Waals surface area contributed by atoms with E-state index in [-0.39, 0.29) is 0 Å². The van der Waals surface area contributed by atoms with Crippen molar-refractivity contribution in [2.75, 3.05) is 12.4 Å². The van der Waals surface area contributed by atoms with Crippen LogP contribution >= 0.6 is 0 Å². The molecule has 0 fully saturated rings. The van der Waals surface area contributed by atoms with E-state index in [0.29, 0.717) is 0 Å². The minimum absolute atomic E-state index is 0.694.